The van der Waals surface area contributed by atoms with Crippen LogP contribution in [0, 0.1) is 0 Å². The second kappa shape index (κ2) is 8.54. The Bertz CT molecular complexity index is 664. The van der Waals surface area contributed by atoms with E-state index in [4.69, 9.17) is 16.3 Å². The molecule has 0 N–H and O–H groups in total. The van der Waals surface area contributed by atoms with Crippen LogP contribution < -0.4 is 4.90 Å². The van der Waals surface area contributed by atoms with Gasteiger partial charge >= 0.3 is 12.1 Å². The van der Waals surface area contributed by atoms with E-state index >= 15 is 0 Å². The number of methoxy groups -OCH3 is 1. The molecule has 1 aromatic heterocycles. The number of carbonyl (C=O) groups is 2. The molecule has 0 atom stereocenters. The Morgan fingerprint density at radius 3 is 2.42 bits per heavy atom. The van der Waals surface area contributed by atoms with Gasteiger partial charge in [-0.2, -0.15) is 13.2 Å². The van der Waals surface area contributed by atoms with Gasteiger partial charge in [0.15, 0.2) is 6.61 Å². The van der Waals surface area contributed by atoms with Gasteiger partial charge in [0.05, 0.1) is 10.6 Å². The zero-order valence-electron chi connectivity index (χ0n) is 13.9. The van der Waals surface area contributed by atoms with E-state index in [9.17, 15) is 22.8 Å². The summed E-state index contributed by atoms with van der Waals surface area (Å²) in [5, 5.41) is -0.104. The minimum atomic E-state index is -4.51. The Balaban J connectivity index is 1.90. The molecule has 144 valence electrons. The smallest absolute Gasteiger partial charge is 0.417 e. The largest absolute Gasteiger partial charge is 0.454 e. The quantitative estimate of drug-likeness (QED) is 0.705. The number of hydrogen-bond donors (Lipinski definition) is 0. The first-order chi connectivity index (χ1) is 12.2. The summed E-state index contributed by atoms with van der Waals surface area (Å²) in [5.41, 5.74) is -0.919. The number of piperazine rings is 1. The Labute approximate surface area is 152 Å². The average Bonchev–Trinajstić information content (AvgIpc) is 2.59. The first-order valence-corrected chi connectivity index (χ1v) is 8.00. The second-order valence-electron chi connectivity index (χ2n) is 5.49. The summed E-state index contributed by atoms with van der Waals surface area (Å²) in [5.74, 6) is -0.765. The molecule has 0 bridgehead atoms. The molecule has 0 aromatic carbocycles. The Morgan fingerprint density at radius 1 is 1.23 bits per heavy atom. The second-order valence-corrected chi connectivity index (χ2v) is 5.90. The number of aromatic nitrogens is 1. The average molecular weight is 396 g/mol. The lowest BCUT2D eigenvalue weighted by atomic mass is 10.2. The van der Waals surface area contributed by atoms with E-state index in [1.807, 2.05) is 0 Å². The molecule has 1 aliphatic heterocycles. The van der Waals surface area contributed by atoms with Crippen molar-refractivity contribution in [3.05, 3.63) is 22.8 Å². The van der Waals surface area contributed by atoms with Crippen LogP contribution in [0.1, 0.15) is 5.56 Å². The van der Waals surface area contributed by atoms with Crippen molar-refractivity contribution in [2.45, 2.75) is 6.18 Å². The fourth-order valence-corrected chi connectivity index (χ4v) is 2.66. The third-order valence-electron chi connectivity index (χ3n) is 3.70. The summed E-state index contributed by atoms with van der Waals surface area (Å²) in [6.07, 6.45) is -3.78. The molecule has 1 aromatic rings. The molecule has 0 saturated carbocycles. The van der Waals surface area contributed by atoms with Crippen LogP contribution in [-0.4, -0.2) is 68.3 Å². The van der Waals surface area contributed by atoms with Crippen LogP contribution in [0.25, 0.3) is 0 Å². The minimum Gasteiger partial charge on any atom is -0.454 e. The van der Waals surface area contributed by atoms with Crippen LogP contribution in [0.5, 0.6) is 0 Å². The molecule has 1 saturated heterocycles. The maximum atomic E-state index is 12.7. The molecule has 0 aliphatic carbocycles. The molecule has 2 rings (SSSR count). The number of hydrogen-bond acceptors (Lipinski definition) is 6. The predicted molar refractivity (Wildman–Crippen MR) is 85.9 cm³/mol. The van der Waals surface area contributed by atoms with Crippen molar-refractivity contribution in [2.75, 3.05) is 51.4 Å². The summed E-state index contributed by atoms with van der Waals surface area (Å²) < 4.78 is 47.3. The van der Waals surface area contributed by atoms with Gasteiger partial charge in [-0.1, -0.05) is 11.6 Å². The summed E-state index contributed by atoms with van der Waals surface area (Å²) in [7, 11) is 1.34. The maximum Gasteiger partial charge on any atom is 0.417 e. The summed E-state index contributed by atoms with van der Waals surface area (Å²) in [6, 6.07) is 0.830. The van der Waals surface area contributed by atoms with Crippen molar-refractivity contribution in [3.8, 4) is 0 Å². The number of pyridine rings is 1. The van der Waals surface area contributed by atoms with Crippen LogP contribution in [0.15, 0.2) is 12.3 Å². The van der Waals surface area contributed by atoms with Gasteiger partial charge in [-0.15, -0.1) is 0 Å². The Morgan fingerprint density at radius 2 is 1.88 bits per heavy atom. The molecule has 0 spiro atoms. The van der Waals surface area contributed by atoms with Gasteiger partial charge in [-0.05, 0) is 6.07 Å². The molecule has 0 radical (unpaired) electrons. The molecule has 1 fully saturated rings. The van der Waals surface area contributed by atoms with Crippen molar-refractivity contribution in [1.29, 1.82) is 0 Å². The van der Waals surface area contributed by atoms with Gasteiger partial charge in [-0.25, -0.2) is 9.78 Å². The number of anilines is 1. The molecule has 0 unspecified atom stereocenters. The van der Waals surface area contributed by atoms with Crippen molar-refractivity contribution in [1.82, 2.24) is 9.88 Å². The molecule has 2 heterocycles. The monoisotopic (exact) mass is 395 g/mol. The number of ether oxygens (including phenoxy) is 2. The van der Waals surface area contributed by atoms with Crippen LogP contribution in [0.2, 0.25) is 5.02 Å². The number of esters is 1. The van der Waals surface area contributed by atoms with Crippen LogP contribution in [0.3, 0.4) is 0 Å². The highest BCUT2D eigenvalue weighted by Crippen LogP contribution is 2.33. The van der Waals surface area contributed by atoms with Crippen LogP contribution in [-0.2, 0) is 25.2 Å². The molecule has 1 aliphatic rings. The third-order valence-corrected chi connectivity index (χ3v) is 3.98. The highest BCUT2D eigenvalue weighted by Gasteiger charge is 2.32. The standard InChI is InChI=1S/C15H17ClF3N3O4/c1-25-9-13(24)26-8-12(23)21-2-4-22(5-3-21)14-11(16)6-10(7-20-14)15(17,18)19/h6-7H,2-5,8-9H2,1H3. The maximum absolute atomic E-state index is 12.7. The molecule has 26 heavy (non-hydrogen) atoms. The van der Waals surface area contributed by atoms with Crippen molar-refractivity contribution < 1.29 is 32.2 Å². The molecule has 7 nitrogen and oxygen atoms in total. The highest BCUT2D eigenvalue weighted by atomic mass is 35.5. The summed E-state index contributed by atoms with van der Waals surface area (Å²) in [4.78, 5) is 30.2. The van der Waals surface area contributed by atoms with Gasteiger partial charge in [0.1, 0.15) is 12.4 Å². The zero-order chi connectivity index (χ0) is 19.3. The van der Waals surface area contributed by atoms with E-state index in [1.165, 1.54) is 12.0 Å². The Kier molecular flexibility index (Phi) is 6.65. The van der Waals surface area contributed by atoms with Gasteiger partial charge in [0.2, 0.25) is 0 Å². The van der Waals surface area contributed by atoms with Crippen LogP contribution in [0.4, 0.5) is 19.0 Å². The lowest BCUT2D eigenvalue weighted by Crippen LogP contribution is -2.50. The van der Waals surface area contributed by atoms with E-state index in [1.54, 1.807) is 4.90 Å². The fraction of sp³-hybridized carbons (Fsp3) is 0.533. The Hall–Kier alpha value is -2.07. The topological polar surface area (TPSA) is 72.0 Å². The number of alkyl halides is 3. The number of halogens is 4. The van der Waals surface area contributed by atoms with Gasteiger partial charge < -0.3 is 19.3 Å². The van der Waals surface area contributed by atoms with E-state index in [0.29, 0.717) is 26.2 Å². The summed E-state index contributed by atoms with van der Waals surface area (Å²) >= 11 is 5.93. The molecule has 1 amide bonds. The lowest BCUT2D eigenvalue weighted by molar-refractivity contribution is -0.155. The van der Waals surface area contributed by atoms with Gasteiger partial charge in [-0.3, -0.25) is 4.79 Å². The molecule has 11 heteroatoms. The van der Waals surface area contributed by atoms with Crippen molar-refractivity contribution in [3.63, 3.8) is 0 Å². The first kappa shape index (κ1) is 20.2. The van der Waals surface area contributed by atoms with Gasteiger partial charge in [0.25, 0.3) is 5.91 Å². The zero-order valence-corrected chi connectivity index (χ0v) is 14.6. The number of nitrogens with zero attached hydrogens (tertiary/aromatic N) is 3. The van der Waals surface area contributed by atoms with Gasteiger partial charge in [0, 0.05) is 39.5 Å². The van der Waals surface area contributed by atoms with E-state index in [2.05, 4.69) is 9.72 Å². The lowest BCUT2D eigenvalue weighted by Gasteiger charge is -2.35. The molecular weight excluding hydrogens is 379 g/mol. The highest BCUT2D eigenvalue weighted by molar-refractivity contribution is 6.33. The minimum absolute atomic E-state index is 0.104. The van der Waals surface area contributed by atoms with E-state index in [0.717, 1.165) is 12.3 Å². The van der Waals surface area contributed by atoms with E-state index in [-0.39, 0.29) is 30.0 Å². The molecular formula is C15H17ClF3N3O4. The normalized spacial score (nSPS) is 15.1. The number of carbonyl (C=O) groups excluding carboxylic acids is 2. The fourth-order valence-electron chi connectivity index (χ4n) is 2.38. The number of rotatable bonds is 5. The van der Waals surface area contributed by atoms with Crippen molar-refractivity contribution >= 4 is 29.3 Å². The number of amides is 1. The van der Waals surface area contributed by atoms with Crippen molar-refractivity contribution in [2.24, 2.45) is 0 Å². The van der Waals surface area contributed by atoms with Crippen LogP contribution >= 0.6 is 11.6 Å². The van der Waals surface area contributed by atoms with E-state index < -0.39 is 17.7 Å². The predicted octanol–water partition coefficient (Wildman–Crippen LogP) is 1.59. The summed E-state index contributed by atoms with van der Waals surface area (Å²) in [6.45, 7) is 0.672. The first-order valence-electron chi connectivity index (χ1n) is 7.62. The third kappa shape index (κ3) is 5.21. The SMILES string of the molecule is COCC(=O)OCC(=O)N1CCN(c2ncc(C(F)(F)F)cc2Cl)CC1.